The highest BCUT2D eigenvalue weighted by Gasteiger charge is 2.20. The van der Waals surface area contributed by atoms with Gasteiger partial charge in [0.1, 0.15) is 0 Å². The highest BCUT2D eigenvalue weighted by Crippen LogP contribution is 2.30. The minimum Gasteiger partial charge on any atom is -0.275 e. The minimum atomic E-state index is -0.430. The van der Waals surface area contributed by atoms with E-state index in [1.54, 1.807) is 6.20 Å². The van der Waals surface area contributed by atoms with Crippen LogP contribution in [0.2, 0.25) is 0 Å². The third-order valence-electron chi connectivity index (χ3n) is 2.28. The second kappa shape index (κ2) is 2.90. The van der Waals surface area contributed by atoms with Gasteiger partial charge in [0.05, 0.1) is 17.8 Å². The van der Waals surface area contributed by atoms with Crippen molar-refractivity contribution in [1.82, 2.24) is 9.78 Å². The predicted octanol–water partition coefficient (Wildman–Crippen LogP) is 1.99. The van der Waals surface area contributed by atoms with Crippen LogP contribution in [0.25, 0.3) is 0 Å². The number of nitrogens with zero attached hydrogens (tertiary/aromatic N) is 2. The zero-order chi connectivity index (χ0) is 8.55. The van der Waals surface area contributed by atoms with Crippen molar-refractivity contribution in [1.29, 1.82) is 0 Å². The van der Waals surface area contributed by atoms with Crippen LogP contribution < -0.4 is 0 Å². The second-order valence-corrected chi connectivity index (χ2v) is 3.41. The van der Waals surface area contributed by atoms with Gasteiger partial charge in [-0.25, -0.2) is 0 Å². The molecule has 0 unspecified atom stereocenters. The first-order valence-corrected chi connectivity index (χ1v) is 4.39. The van der Waals surface area contributed by atoms with Crippen LogP contribution in [-0.4, -0.2) is 15.0 Å². The first kappa shape index (κ1) is 7.80. The third kappa shape index (κ3) is 1.25. The molecule has 1 heterocycles. The van der Waals surface area contributed by atoms with Crippen molar-refractivity contribution in [3.63, 3.8) is 0 Å². The van der Waals surface area contributed by atoms with Gasteiger partial charge in [-0.1, -0.05) is 0 Å². The number of halogens is 1. The van der Waals surface area contributed by atoms with Gasteiger partial charge >= 0.3 is 0 Å². The molecule has 64 valence electrons. The number of carbonyl (C=O) groups is 1. The number of hydrogen-bond donors (Lipinski definition) is 0. The van der Waals surface area contributed by atoms with E-state index in [-0.39, 0.29) is 0 Å². The molecule has 12 heavy (non-hydrogen) atoms. The van der Waals surface area contributed by atoms with Crippen molar-refractivity contribution in [2.24, 2.45) is 0 Å². The van der Waals surface area contributed by atoms with Gasteiger partial charge < -0.3 is 0 Å². The number of hydrogen-bond acceptors (Lipinski definition) is 2. The van der Waals surface area contributed by atoms with Crippen LogP contribution in [-0.2, 0) is 0 Å². The molecule has 0 aliphatic heterocycles. The molecule has 0 aromatic carbocycles. The number of carbonyl (C=O) groups excluding carboxylic acids is 1. The van der Waals surface area contributed by atoms with Crippen molar-refractivity contribution in [2.75, 3.05) is 0 Å². The van der Waals surface area contributed by atoms with Crippen LogP contribution in [0.15, 0.2) is 12.4 Å². The monoisotopic (exact) mass is 184 g/mol. The van der Waals surface area contributed by atoms with Gasteiger partial charge in [0.15, 0.2) is 0 Å². The molecule has 0 N–H and O–H groups in total. The Labute approximate surface area is 75.3 Å². The maximum absolute atomic E-state index is 10.7. The molecule has 1 aliphatic carbocycles. The second-order valence-electron chi connectivity index (χ2n) is 3.07. The lowest BCUT2D eigenvalue weighted by molar-refractivity contribution is 0.108. The molecule has 0 bridgehead atoms. The van der Waals surface area contributed by atoms with Gasteiger partial charge in [-0.2, -0.15) is 5.10 Å². The van der Waals surface area contributed by atoms with Gasteiger partial charge in [-0.15, -0.1) is 0 Å². The molecule has 1 fully saturated rings. The van der Waals surface area contributed by atoms with Gasteiger partial charge in [0.25, 0.3) is 5.24 Å². The third-order valence-corrected chi connectivity index (χ3v) is 2.50. The molecular formula is C8H9ClN2O. The Hall–Kier alpha value is -0.830. The maximum atomic E-state index is 10.7. The van der Waals surface area contributed by atoms with Crippen LogP contribution >= 0.6 is 11.6 Å². The zero-order valence-corrected chi connectivity index (χ0v) is 7.29. The van der Waals surface area contributed by atoms with Gasteiger partial charge in [0.2, 0.25) is 0 Å². The van der Waals surface area contributed by atoms with Crippen molar-refractivity contribution < 1.29 is 4.79 Å². The van der Waals surface area contributed by atoms with E-state index >= 15 is 0 Å². The molecule has 0 spiro atoms. The van der Waals surface area contributed by atoms with Crippen LogP contribution in [0.3, 0.4) is 0 Å². The van der Waals surface area contributed by atoms with Crippen molar-refractivity contribution in [3.8, 4) is 0 Å². The van der Waals surface area contributed by atoms with Gasteiger partial charge in [0, 0.05) is 6.20 Å². The summed E-state index contributed by atoms with van der Waals surface area (Å²) in [5, 5.41) is 3.64. The summed E-state index contributed by atoms with van der Waals surface area (Å²) in [6.07, 6.45) is 6.83. The Morgan fingerprint density at radius 2 is 2.42 bits per heavy atom. The van der Waals surface area contributed by atoms with E-state index in [9.17, 15) is 4.79 Å². The fraction of sp³-hybridized carbons (Fsp3) is 0.500. The van der Waals surface area contributed by atoms with Crippen LogP contribution in [0.5, 0.6) is 0 Å². The summed E-state index contributed by atoms with van der Waals surface area (Å²) in [6, 6.07) is 0.495. The number of aromatic nitrogens is 2. The standard InChI is InChI=1S/C8H9ClN2O/c9-8(12)6-4-10-11(5-6)7-2-1-3-7/h4-5,7H,1-3H2. The largest absolute Gasteiger partial charge is 0.275 e. The maximum Gasteiger partial charge on any atom is 0.255 e. The lowest BCUT2D eigenvalue weighted by Crippen LogP contribution is -2.17. The van der Waals surface area contributed by atoms with E-state index in [1.807, 2.05) is 4.68 Å². The molecule has 4 heteroatoms. The summed E-state index contributed by atoms with van der Waals surface area (Å²) in [6.45, 7) is 0. The smallest absolute Gasteiger partial charge is 0.255 e. The molecule has 0 radical (unpaired) electrons. The Balaban J connectivity index is 2.17. The summed E-state index contributed by atoms with van der Waals surface area (Å²) >= 11 is 5.29. The van der Waals surface area contributed by atoms with E-state index in [0.717, 1.165) is 12.8 Å². The Kier molecular flexibility index (Phi) is 1.89. The highest BCUT2D eigenvalue weighted by atomic mass is 35.5. The van der Waals surface area contributed by atoms with E-state index in [2.05, 4.69) is 5.10 Å². The summed E-state index contributed by atoms with van der Waals surface area (Å²) in [7, 11) is 0. The van der Waals surface area contributed by atoms with E-state index in [1.165, 1.54) is 12.6 Å². The summed E-state index contributed by atoms with van der Waals surface area (Å²) in [5.74, 6) is 0. The van der Waals surface area contributed by atoms with E-state index < -0.39 is 5.24 Å². The molecular weight excluding hydrogens is 176 g/mol. The fourth-order valence-corrected chi connectivity index (χ4v) is 1.39. The Bertz CT molecular complexity index is 304. The normalized spacial score (nSPS) is 17.4. The van der Waals surface area contributed by atoms with Gasteiger partial charge in [-0.3, -0.25) is 9.48 Å². The van der Waals surface area contributed by atoms with Crippen LogP contribution in [0.1, 0.15) is 35.7 Å². The molecule has 0 saturated heterocycles. The molecule has 0 amide bonds. The van der Waals surface area contributed by atoms with Gasteiger partial charge in [-0.05, 0) is 30.9 Å². The lowest BCUT2D eigenvalue weighted by atomic mass is 9.93. The average molecular weight is 185 g/mol. The van der Waals surface area contributed by atoms with Crippen molar-refractivity contribution in [3.05, 3.63) is 18.0 Å². The van der Waals surface area contributed by atoms with E-state index in [4.69, 9.17) is 11.6 Å². The quantitative estimate of drug-likeness (QED) is 0.659. The lowest BCUT2D eigenvalue weighted by Gasteiger charge is -2.25. The fourth-order valence-electron chi connectivity index (χ4n) is 1.29. The topological polar surface area (TPSA) is 34.9 Å². The minimum absolute atomic E-state index is 0.430. The summed E-state index contributed by atoms with van der Waals surface area (Å²) in [4.78, 5) is 10.7. The van der Waals surface area contributed by atoms with Crippen LogP contribution in [0.4, 0.5) is 0 Å². The zero-order valence-electron chi connectivity index (χ0n) is 6.53. The average Bonchev–Trinajstić information content (AvgIpc) is 2.32. The first-order valence-electron chi connectivity index (χ1n) is 4.01. The molecule has 2 rings (SSSR count). The van der Waals surface area contributed by atoms with E-state index in [0.29, 0.717) is 11.6 Å². The highest BCUT2D eigenvalue weighted by molar-refractivity contribution is 6.67. The molecule has 1 aromatic heterocycles. The van der Waals surface area contributed by atoms with Crippen LogP contribution in [0, 0.1) is 0 Å². The number of rotatable bonds is 2. The molecule has 0 atom stereocenters. The summed E-state index contributed by atoms with van der Waals surface area (Å²) < 4.78 is 1.83. The molecule has 1 aliphatic rings. The molecule has 1 aromatic rings. The van der Waals surface area contributed by atoms with Crippen molar-refractivity contribution in [2.45, 2.75) is 25.3 Å². The molecule has 1 saturated carbocycles. The SMILES string of the molecule is O=C(Cl)c1cnn(C2CCC2)c1. The predicted molar refractivity (Wildman–Crippen MR) is 45.3 cm³/mol. The summed E-state index contributed by atoms with van der Waals surface area (Å²) in [5.41, 5.74) is 0.489. The first-order chi connectivity index (χ1) is 5.77. The Morgan fingerprint density at radius 3 is 2.83 bits per heavy atom. The Morgan fingerprint density at radius 1 is 1.67 bits per heavy atom. The molecule has 3 nitrogen and oxygen atoms in total. The van der Waals surface area contributed by atoms with Crippen molar-refractivity contribution >= 4 is 16.8 Å².